The molecule has 5 heteroatoms. The fourth-order valence-corrected chi connectivity index (χ4v) is 7.19. The standard InChI is InChI=1S/C40H42O4S/c1-4-7-23-40(24-8-5-2)35-26-29(37(41)28-15-19-32(20-16-28)45-31-13-11-10-12-14-31)17-21-33(35)34-22-18-30(27-36(34)40)38(42)39(43)44-25-9-6-3/h10-22,26-27H,4-9,23-25H2,1-3H3. The van der Waals surface area contributed by atoms with Crippen molar-refractivity contribution in [3.05, 3.63) is 119 Å². The van der Waals surface area contributed by atoms with Gasteiger partial charge in [-0.2, -0.15) is 0 Å². The number of Topliss-reactive ketones (excluding diaryl/α,β-unsaturated/α-hetero) is 1. The molecule has 0 saturated carbocycles. The number of esters is 1. The van der Waals surface area contributed by atoms with E-state index in [-0.39, 0.29) is 17.8 Å². The number of rotatable bonds is 15. The van der Waals surface area contributed by atoms with E-state index in [4.69, 9.17) is 4.74 Å². The maximum atomic E-state index is 13.9. The van der Waals surface area contributed by atoms with Gasteiger partial charge in [-0.25, -0.2) is 4.79 Å². The van der Waals surface area contributed by atoms with Crippen LogP contribution in [0.4, 0.5) is 0 Å². The molecule has 0 fully saturated rings. The summed E-state index contributed by atoms with van der Waals surface area (Å²) in [5.74, 6) is -1.40. The molecule has 0 saturated heterocycles. The van der Waals surface area contributed by atoms with Crippen LogP contribution in [0.5, 0.6) is 0 Å². The number of carbonyl (C=O) groups excluding carboxylic acids is 3. The van der Waals surface area contributed by atoms with E-state index in [1.165, 1.54) is 0 Å². The Bertz CT molecular complexity index is 1650. The number of carbonyl (C=O) groups is 3. The number of ether oxygens (including phenoxy) is 1. The van der Waals surface area contributed by atoms with Crippen molar-refractivity contribution >= 4 is 29.3 Å². The maximum Gasteiger partial charge on any atom is 0.379 e. The average molecular weight is 619 g/mol. The zero-order chi connectivity index (χ0) is 31.8. The Kier molecular flexibility index (Phi) is 10.7. The van der Waals surface area contributed by atoms with Gasteiger partial charge in [-0.05, 0) is 90.0 Å². The molecule has 4 nitrogen and oxygen atoms in total. The second-order valence-corrected chi connectivity index (χ2v) is 13.0. The predicted octanol–water partition coefficient (Wildman–Crippen LogP) is 10.2. The Morgan fingerprint density at radius 2 is 1.16 bits per heavy atom. The zero-order valence-electron chi connectivity index (χ0n) is 26.6. The minimum Gasteiger partial charge on any atom is -0.460 e. The summed E-state index contributed by atoms with van der Waals surface area (Å²) in [6, 6.07) is 29.8. The van der Waals surface area contributed by atoms with Crippen LogP contribution in [0.15, 0.2) is 101 Å². The van der Waals surface area contributed by atoms with Gasteiger partial charge in [0.1, 0.15) is 0 Å². The number of hydrogen-bond acceptors (Lipinski definition) is 5. The first kappa shape index (κ1) is 32.4. The van der Waals surface area contributed by atoms with Crippen molar-refractivity contribution in [1.29, 1.82) is 0 Å². The third-order valence-electron chi connectivity index (χ3n) is 8.81. The van der Waals surface area contributed by atoms with E-state index in [1.807, 2.05) is 67.6 Å². The number of ketones is 2. The summed E-state index contributed by atoms with van der Waals surface area (Å²) in [7, 11) is 0. The first-order valence-electron chi connectivity index (χ1n) is 16.3. The molecular formula is C40H42O4S. The molecule has 0 spiro atoms. The van der Waals surface area contributed by atoms with Crippen LogP contribution in [0.2, 0.25) is 0 Å². The summed E-state index contributed by atoms with van der Waals surface area (Å²) in [5, 5.41) is 0. The predicted molar refractivity (Wildman–Crippen MR) is 182 cm³/mol. The highest BCUT2D eigenvalue weighted by atomic mass is 32.2. The molecule has 4 aromatic rings. The molecule has 0 aliphatic heterocycles. The monoisotopic (exact) mass is 618 g/mol. The third kappa shape index (κ3) is 6.99. The molecule has 4 aromatic carbocycles. The Hall–Kier alpha value is -3.96. The van der Waals surface area contributed by atoms with E-state index < -0.39 is 11.8 Å². The highest BCUT2D eigenvalue weighted by Gasteiger charge is 2.43. The van der Waals surface area contributed by atoms with E-state index >= 15 is 0 Å². The molecule has 232 valence electrons. The molecule has 0 atom stereocenters. The lowest BCUT2D eigenvalue weighted by Crippen LogP contribution is -2.26. The highest BCUT2D eigenvalue weighted by Crippen LogP contribution is 2.54. The molecule has 0 heterocycles. The first-order chi connectivity index (χ1) is 21.9. The second kappa shape index (κ2) is 14.9. The molecule has 0 unspecified atom stereocenters. The fourth-order valence-electron chi connectivity index (χ4n) is 6.36. The Morgan fingerprint density at radius 1 is 0.622 bits per heavy atom. The third-order valence-corrected chi connectivity index (χ3v) is 9.83. The summed E-state index contributed by atoms with van der Waals surface area (Å²) in [4.78, 5) is 41.8. The van der Waals surface area contributed by atoms with Crippen LogP contribution < -0.4 is 0 Å². The van der Waals surface area contributed by atoms with Gasteiger partial charge in [0.2, 0.25) is 0 Å². The average Bonchev–Trinajstić information content (AvgIpc) is 3.34. The topological polar surface area (TPSA) is 60.4 Å². The second-order valence-electron chi connectivity index (χ2n) is 11.9. The highest BCUT2D eigenvalue weighted by molar-refractivity contribution is 7.99. The smallest absolute Gasteiger partial charge is 0.379 e. The van der Waals surface area contributed by atoms with Gasteiger partial charge >= 0.3 is 5.97 Å². The molecule has 0 aromatic heterocycles. The summed E-state index contributed by atoms with van der Waals surface area (Å²) in [6.45, 7) is 6.65. The van der Waals surface area contributed by atoms with Crippen molar-refractivity contribution < 1.29 is 19.1 Å². The van der Waals surface area contributed by atoms with Gasteiger partial charge < -0.3 is 4.74 Å². The van der Waals surface area contributed by atoms with Crippen LogP contribution in [0.3, 0.4) is 0 Å². The van der Waals surface area contributed by atoms with Crippen molar-refractivity contribution in [2.75, 3.05) is 6.61 Å². The van der Waals surface area contributed by atoms with Crippen LogP contribution in [0, 0.1) is 0 Å². The van der Waals surface area contributed by atoms with Crippen molar-refractivity contribution in [3.8, 4) is 11.1 Å². The van der Waals surface area contributed by atoms with E-state index in [2.05, 4.69) is 38.1 Å². The van der Waals surface area contributed by atoms with Crippen molar-refractivity contribution in [1.82, 2.24) is 0 Å². The molecule has 0 bridgehead atoms. The summed E-state index contributed by atoms with van der Waals surface area (Å²) in [6.07, 6.45) is 7.53. The van der Waals surface area contributed by atoms with Gasteiger partial charge in [-0.15, -0.1) is 0 Å². The van der Waals surface area contributed by atoms with E-state index in [1.54, 1.807) is 17.8 Å². The van der Waals surface area contributed by atoms with Gasteiger partial charge in [0.05, 0.1) is 6.61 Å². The Labute approximate surface area is 271 Å². The largest absolute Gasteiger partial charge is 0.460 e. The molecular weight excluding hydrogens is 577 g/mol. The molecule has 0 N–H and O–H groups in total. The zero-order valence-corrected chi connectivity index (χ0v) is 27.4. The normalized spacial score (nSPS) is 12.8. The summed E-state index contributed by atoms with van der Waals surface area (Å²) < 4.78 is 5.26. The number of hydrogen-bond donors (Lipinski definition) is 0. The van der Waals surface area contributed by atoms with Crippen LogP contribution >= 0.6 is 11.8 Å². The van der Waals surface area contributed by atoms with E-state index in [0.29, 0.717) is 16.7 Å². The van der Waals surface area contributed by atoms with Crippen LogP contribution in [-0.2, 0) is 14.9 Å². The molecule has 1 aliphatic carbocycles. The lowest BCUT2D eigenvalue weighted by molar-refractivity contribution is -0.138. The lowest BCUT2D eigenvalue weighted by Gasteiger charge is -2.33. The van der Waals surface area contributed by atoms with Gasteiger partial charge in [-0.3, -0.25) is 9.59 Å². The minimum absolute atomic E-state index is 0.00408. The van der Waals surface area contributed by atoms with Crippen LogP contribution in [0.1, 0.15) is 110 Å². The first-order valence-corrected chi connectivity index (χ1v) is 17.1. The SMILES string of the molecule is CCCCOC(=O)C(=O)c1ccc2c(c1)C(CCCC)(CCCC)c1cc(C(=O)c3ccc(Sc4ccccc4)cc3)ccc1-2. The summed E-state index contributed by atoms with van der Waals surface area (Å²) in [5.41, 5.74) is 5.76. The van der Waals surface area contributed by atoms with Gasteiger partial charge in [0.15, 0.2) is 5.78 Å². The van der Waals surface area contributed by atoms with Gasteiger partial charge in [-0.1, -0.05) is 107 Å². The minimum atomic E-state index is -0.798. The Balaban J connectivity index is 1.50. The molecule has 45 heavy (non-hydrogen) atoms. The van der Waals surface area contributed by atoms with E-state index in [0.717, 1.165) is 83.4 Å². The quantitative estimate of drug-likeness (QED) is 0.0574. The molecule has 0 amide bonds. The van der Waals surface area contributed by atoms with Crippen molar-refractivity contribution in [2.45, 2.75) is 87.3 Å². The number of fused-ring (bicyclic) bond motifs is 3. The molecule has 5 rings (SSSR count). The van der Waals surface area contributed by atoms with Crippen LogP contribution in [0.25, 0.3) is 11.1 Å². The number of benzene rings is 4. The van der Waals surface area contributed by atoms with Gasteiger partial charge in [0.25, 0.3) is 5.78 Å². The van der Waals surface area contributed by atoms with Crippen LogP contribution in [-0.4, -0.2) is 24.1 Å². The van der Waals surface area contributed by atoms with Gasteiger partial charge in [0, 0.05) is 31.9 Å². The molecule has 1 aliphatic rings. The lowest BCUT2D eigenvalue weighted by atomic mass is 9.70. The Morgan fingerprint density at radius 3 is 1.76 bits per heavy atom. The fraction of sp³-hybridized carbons (Fsp3) is 0.325. The van der Waals surface area contributed by atoms with Crippen molar-refractivity contribution in [2.24, 2.45) is 0 Å². The van der Waals surface area contributed by atoms with Crippen molar-refractivity contribution in [3.63, 3.8) is 0 Å². The maximum absolute atomic E-state index is 13.9. The number of unbranched alkanes of at least 4 members (excludes halogenated alkanes) is 3. The summed E-state index contributed by atoms with van der Waals surface area (Å²) >= 11 is 1.67. The molecule has 0 radical (unpaired) electrons. The van der Waals surface area contributed by atoms with E-state index in [9.17, 15) is 14.4 Å².